The average molecular weight is 344 g/mol. The van der Waals surface area contributed by atoms with Gasteiger partial charge in [0.2, 0.25) is 6.79 Å². The van der Waals surface area contributed by atoms with Gasteiger partial charge in [-0.1, -0.05) is 29.8 Å². The Morgan fingerprint density at radius 1 is 1.00 bits per heavy atom. The van der Waals surface area contributed by atoms with Crippen molar-refractivity contribution in [1.82, 2.24) is 4.90 Å². The molecule has 2 aromatic carbocycles. The van der Waals surface area contributed by atoms with Gasteiger partial charge in [-0.25, -0.2) is 0 Å². The number of likely N-dealkylation sites (tertiary alicyclic amines) is 1. The van der Waals surface area contributed by atoms with Crippen molar-refractivity contribution in [2.75, 3.05) is 26.5 Å². The molecule has 0 N–H and O–H groups in total. The van der Waals surface area contributed by atoms with Crippen LogP contribution in [0, 0.1) is 5.41 Å². The van der Waals surface area contributed by atoms with Gasteiger partial charge in [0, 0.05) is 36.1 Å². The van der Waals surface area contributed by atoms with Crippen LogP contribution in [0.2, 0.25) is 5.02 Å². The molecule has 4 nitrogen and oxygen atoms in total. The number of nitrogens with zero attached hydrogens (tertiary/aromatic N) is 1. The first kappa shape index (κ1) is 14.4. The lowest BCUT2D eigenvalue weighted by Gasteiger charge is -2.52. The minimum Gasteiger partial charge on any atom is -0.493 e. The summed E-state index contributed by atoms with van der Waals surface area (Å²) < 4.78 is 16.8. The minimum atomic E-state index is 0.247. The van der Waals surface area contributed by atoms with Gasteiger partial charge in [-0.15, -0.1) is 0 Å². The molecule has 5 rings (SSSR count). The lowest BCUT2D eigenvalue weighted by molar-refractivity contribution is -0.0478. The molecule has 0 bridgehead atoms. The Morgan fingerprint density at radius 2 is 1.79 bits per heavy atom. The molecule has 24 heavy (non-hydrogen) atoms. The first-order valence-corrected chi connectivity index (χ1v) is 8.60. The molecule has 0 aliphatic carbocycles. The van der Waals surface area contributed by atoms with E-state index in [0.717, 1.165) is 60.5 Å². The second-order valence-corrected chi connectivity index (χ2v) is 7.42. The fourth-order valence-electron chi connectivity index (χ4n) is 4.02. The van der Waals surface area contributed by atoms with Gasteiger partial charge >= 0.3 is 0 Å². The van der Waals surface area contributed by atoms with Crippen molar-refractivity contribution >= 4 is 11.6 Å². The van der Waals surface area contributed by atoms with Gasteiger partial charge in [0.25, 0.3) is 0 Å². The molecular weight excluding hydrogens is 326 g/mol. The Bertz CT molecular complexity index is 801. The zero-order chi connectivity index (χ0) is 16.1. The Morgan fingerprint density at radius 3 is 2.67 bits per heavy atom. The van der Waals surface area contributed by atoms with E-state index >= 15 is 0 Å². The van der Waals surface area contributed by atoms with Crippen molar-refractivity contribution in [2.24, 2.45) is 5.41 Å². The molecule has 2 aromatic rings. The summed E-state index contributed by atoms with van der Waals surface area (Å²) in [6.07, 6.45) is 1.09. The molecular formula is C19H18ClNO3. The molecule has 0 unspecified atom stereocenters. The van der Waals surface area contributed by atoms with E-state index in [9.17, 15) is 0 Å². The molecule has 3 aliphatic heterocycles. The summed E-state index contributed by atoms with van der Waals surface area (Å²) in [6.45, 7) is 3.98. The summed E-state index contributed by atoms with van der Waals surface area (Å²) in [7, 11) is 0. The van der Waals surface area contributed by atoms with E-state index in [1.807, 2.05) is 18.2 Å². The van der Waals surface area contributed by atoms with Crippen LogP contribution in [0.5, 0.6) is 17.2 Å². The molecule has 1 fully saturated rings. The van der Waals surface area contributed by atoms with Gasteiger partial charge in [-0.05, 0) is 29.7 Å². The second kappa shape index (κ2) is 5.30. The van der Waals surface area contributed by atoms with Crippen LogP contribution in [-0.4, -0.2) is 31.4 Å². The van der Waals surface area contributed by atoms with E-state index in [4.69, 9.17) is 25.8 Å². The Kier molecular flexibility index (Phi) is 3.19. The Balaban J connectivity index is 1.28. The molecule has 1 spiro atoms. The van der Waals surface area contributed by atoms with Crippen molar-refractivity contribution in [3.8, 4) is 17.2 Å². The summed E-state index contributed by atoms with van der Waals surface area (Å²) in [5.41, 5.74) is 2.66. The van der Waals surface area contributed by atoms with Gasteiger partial charge in [0.15, 0.2) is 11.5 Å². The van der Waals surface area contributed by atoms with E-state index in [1.54, 1.807) is 0 Å². The van der Waals surface area contributed by atoms with Crippen molar-refractivity contribution in [2.45, 2.75) is 13.0 Å². The van der Waals surface area contributed by atoms with E-state index in [0.29, 0.717) is 0 Å². The third kappa shape index (κ3) is 2.33. The van der Waals surface area contributed by atoms with Crippen LogP contribution in [-0.2, 0) is 13.0 Å². The summed E-state index contributed by atoms with van der Waals surface area (Å²) in [5.74, 6) is 2.57. The first-order chi connectivity index (χ1) is 11.7. The van der Waals surface area contributed by atoms with Crippen LogP contribution in [0.25, 0.3) is 0 Å². The molecule has 0 radical (unpaired) electrons. The van der Waals surface area contributed by atoms with Gasteiger partial charge in [0.05, 0.1) is 6.61 Å². The van der Waals surface area contributed by atoms with Gasteiger partial charge < -0.3 is 14.2 Å². The number of hydrogen-bond acceptors (Lipinski definition) is 4. The van der Waals surface area contributed by atoms with Crippen LogP contribution in [0.1, 0.15) is 11.1 Å². The monoisotopic (exact) mass is 343 g/mol. The van der Waals surface area contributed by atoms with E-state index in [1.165, 1.54) is 5.56 Å². The number of para-hydroxylation sites is 1. The third-order valence-electron chi connectivity index (χ3n) is 5.13. The van der Waals surface area contributed by atoms with Gasteiger partial charge in [-0.2, -0.15) is 0 Å². The minimum absolute atomic E-state index is 0.247. The highest BCUT2D eigenvalue weighted by Crippen LogP contribution is 2.43. The number of ether oxygens (including phenoxy) is 3. The van der Waals surface area contributed by atoms with Crippen LogP contribution >= 0.6 is 11.6 Å². The van der Waals surface area contributed by atoms with Crippen molar-refractivity contribution < 1.29 is 14.2 Å². The molecule has 0 atom stereocenters. The molecule has 0 amide bonds. The standard InChI is InChI=1S/C19H18ClNO3/c20-15-6-18-17(23-12-24-18)5-14(15)8-21-9-19(10-21)7-13-3-1-2-4-16(13)22-11-19/h1-6H,7-12H2. The smallest absolute Gasteiger partial charge is 0.231 e. The molecule has 3 aliphatic rings. The first-order valence-electron chi connectivity index (χ1n) is 8.22. The molecule has 124 valence electrons. The second-order valence-electron chi connectivity index (χ2n) is 7.02. The summed E-state index contributed by atoms with van der Waals surface area (Å²) >= 11 is 6.39. The fourth-order valence-corrected chi connectivity index (χ4v) is 4.23. The predicted octanol–water partition coefficient (Wildman–Crippen LogP) is 3.51. The Labute approximate surface area is 145 Å². The highest BCUT2D eigenvalue weighted by Gasteiger charge is 2.46. The third-order valence-corrected chi connectivity index (χ3v) is 5.48. The maximum Gasteiger partial charge on any atom is 0.231 e. The quantitative estimate of drug-likeness (QED) is 0.835. The normalized spacial score (nSPS) is 20.4. The van der Waals surface area contributed by atoms with Crippen molar-refractivity contribution in [3.63, 3.8) is 0 Å². The number of halogens is 1. The Hall–Kier alpha value is -1.91. The molecule has 0 saturated carbocycles. The number of rotatable bonds is 2. The summed E-state index contributed by atoms with van der Waals surface area (Å²) in [6, 6.07) is 12.2. The highest BCUT2D eigenvalue weighted by atomic mass is 35.5. The van der Waals surface area contributed by atoms with Crippen molar-refractivity contribution in [1.29, 1.82) is 0 Å². The SMILES string of the molecule is Clc1cc2c(cc1CN1CC3(COc4ccccc4C3)C1)OCO2. The van der Waals surface area contributed by atoms with E-state index in [-0.39, 0.29) is 12.2 Å². The van der Waals surface area contributed by atoms with E-state index < -0.39 is 0 Å². The van der Waals surface area contributed by atoms with Crippen LogP contribution in [0.15, 0.2) is 36.4 Å². The topological polar surface area (TPSA) is 30.9 Å². The lowest BCUT2D eigenvalue weighted by Crippen LogP contribution is -2.60. The van der Waals surface area contributed by atoms with Crippen LogP contribution in [0.4, 0.5) is 0 Å². The maximum atomic E-state index is 6.39. The highest BCUT2D eigenvalue weighted by molar-refractivity contribution is 6.31. The lowest BCUT2D eigenvalue weighted by atomic mass is 9.74. The summed E-state index contributed by atoms with van der Waals surface area (Å²) in [5, 5.41) is 0.741. The zero-order valence-electron chi connectivity index (χ0n) is 13.3. The summed E-state index contributed by atoms with van der Waals surface area (Å²) in [4.78, 5) is 2.42. The van der Waals surface area contributed by atoms with Gasteiger partial charge in [0.1, 0.15) is 5.75 Å². The fraction of sp³-hybridized carbons (Fsp3) is 0.368. The molecule has 1 saturated heterocycles. The molecule has 5 heteroatoms. The van der Waals surface area contributed by atoms with E-state index in [2.05, 4.69) is 23.1 Å². The maximum absolute atomic E-state index is 6.39. The van der Waals surface area contributed by atoms with Crippen LogP contribution in [0.3, 0.4) is 0 Å². The van der Waals surface area contributed by atoms with Crippen LogP contribution < -0.4 is 14.2 Å². The largest absolute Gasteiger partial charge is 0.493 e. The average Bonchev–Trinajstić information content (AvgIpc) is 3.00. The molecule has 3 heterocycles. The zero-order valence-corrected chi connectivity index (χ0v) is 14.0. The van der Waals surface area contributed by atoms with Crippen molar-refractivity contribution in [3.05, 3.63) is 52.5 Å². The predicted molar refractivity (Wildman–Crippen MR) is 90.9 cm³/mol. The number of fused-ring (bicyclic) bond motifs is 2. The number of hydrogen-bond donors (Lipinski definition) is 0. The number of benzene rings is 2. The van der Waals surface area contributed by atoms with Gasteiger partial charge in [-0.3, -0.25) is 4.90 Å². The molecule has 0 aromatic heterocycles.